The standard InChI is InChI=1S/C8H15N/c1-2-7-3-4-8(9-7)5-6-8/h7,9H,2-6H2,1H3. The van der Waals surface area contributed by atoms with Gasteiger partial charge in [0.15, 0.2) is 0 Å². The zero-order valence-electron chi connectivity index (χ0n) is 6.11. The molecule has 0 aromatic heterocycles. The van der Waals surface area contributed by atoms with Crippen molar-refractivity contribution >= 4 is 0 Å². The predicted molar refractivity (Wildman–Crippen MR) is 38.4 cm³/mol. The first-order valence-corrected chi connectivity index (χ1v) is 4.12. The summed E-state index contributed by atoms with van der Waals surface area (Å²) < 4.78 is 0. The molecule has 1 aliphatic heterocycles. The molecule has 1 atom stereocenters. The third kappa shape index (κ3) is 0.877. The highest BCUT2D eigenvalue weighted by Gasteiger charge is 2.47. The molecule has 0 amide bonds. The maximum atomic E-state index is 3.69. The van der Waals surface area contributed by atoms with Gasteiger partial charge in [-0.25, -0.2) is 0 Å². The van der Waals surface area contributed by atoms with Crippen molar-refractivity contribution < 1.29 is 0 Å². The van der Waals surface area contributed by atoms with Gasteiger partial charge in [0.2, 0.25) is 0 Å². The highest BCUT2D eigenvalue weighted by Crippen LogP contribution is 2.44. The van der Waals surface area contributed by atoms with E-state index in [4.69, 9.17) is 0 Å². The molecule has 1 heteroatoms. The second-order valence-electron chi connectivity index (χ2n) is 3.57. The number of hydrogen-bond acceptors (Lipinski definition) is 1. The lowest BCUT2D eigenvalue weighted by Gasteiger charge is -2.09. The van der Waals surface area contributed by atoms with Crippen molar-refractivity contribution in [2.45, 2.75) is 50.6 Å². The van der Waals surface area contributed by atoms with E-state index in [1.807, 2.05) is 0 Å². The van der Waals surface area contributed by atoms with Crippen LogP contribution < -0.4 is 5.32 Å². The maximum Gasteiger partial charge on any atom is 0.0186 e. The van der Waals surface area contributed by atoms with Crippen LogP contribution in [0.5, 0.6) is 0 Å². The molecule has 1 N–H and O–H groups in total. The van der Waals surface area contributed by atoms with Crippen LogP contribution >= 0.6 is 0 Å². The van der Waals surface area contributed by atoms with E-state index in [1.165, 1.54) is 32.1 Å². The van der Waals surface area contributed by atoms with Crippen LogP contribution in [0.4, 0.5) is 0 Å². The lowest BCUT2D eigenvalue weighted by atomic mass is 10.1. The van der Waals surface area contributed by atoms with Gasteiger partial charge < -0.3 is 5.32 Å². The minimum Gasteiger partial charge on any atom is -0.309 e. The quantitative estimate of drug-likeness (QED) is 0.562. The molecule has 2 aliphatic rings. The third-order valence-corrected chi connectivity index (χ3v) is 2.83. The molecule has 0 aromatic carbocycles. The van der Waals surface area contributed by atoms with E-state index in [-0.39, 0.29) is 0 Å². The summed E-state index contributed by atoms with van der Waals surface area (Å²) >= 11 is 0. The molecule has 1 aliphatic carbocycles. The predicted octanol–water partition coefficient (Wildman–Crippen LogP) is 1.68. The van der Waals surface area contributed by atoms with Gasteiger partial charge in [0.25, 0.3) is 0 Å². The van der Waals surface area contributed by atoms with Crippen LogP contribution in [0, 0.1) is 0 Å². The molecular weight excluding hydrogens is 110 g/mol. The van der Waals surface area contributed by atoms with E-state index in [1.54, 1.807) is 0 Å². The Morgan fingerprint density at radius 1 is 1.44 bits per heavy atom. The molecule has 1 saturated heterocycles. The third-order valence-electron chi connectivity index (χ3n) is 2.83. The number of rotatable bonds is 1. The molecule has 1 spiro atoms. The topological polar surface area (TPSA) is 12.0 Å². The Hall–Kier alpha value is -0.0400. The lowest BCUT2D eigenvalue weighted by molar-refractivity contribution is 0.518. The summed E-state index contributed by atoms with van der Waals surface area (Å²) in [4.78, 5) is 0. The molecule has 0 radical (unpaired) electrons. The van der Waals surface area contributed by atoms with E-state index in [2.05, 4.69) is 12.2 Å². The average molecular weight is 125 g/mol. The van der Waals surface area contributed by atoms with Gasteiger partial charge in [0.1, 0.15) is 0 Å². The van der Waals surface area contributed by atoms with Crippen LogP contribution in [0.2, 0.25) is 0 Å². The van der Waals surface area contributed by atoms with E-state index in [0.29, 0.717) is 5.54 Å². The number of nitrogens with one attached hydrogen (secondary N) is 1. The first-order chi connectivity index (χ1) is 4.35. The summed E-state index contributed by atoms with van der Waals surface area (Å²) in [6, 6.07) is 0.854. The highest BCUT2D eigenvalue weighted by molar-refractivity contribution is 5.07. The van der Waals surface area contributed by atoms with Crippen molar-refractivity contribution in [1.29, 1.82) is 0 Å². The summed E-state index contributed by atoms with van der Waals surface area (Å²) in [5, 5.41) is 3.69. The largest absolute Gasteiger partial charge is 0.309 e. The average Bonchev–Trinajstić information content (AvgIpc) is 2.44. The summed E-state index contributed by atoms with van der Waals surface area (Å²) in [5.74, 6) is 0. The molecule has 1 unspecified atom stereocenters. The molecule has 2 fully saturated rings. The van der Waals surface area contributed by atoms with Crippen LogP contribution in [0.25, 0.3) is 0 Å². The van der Waals surface area contributed by atoms with Crippen molar-refractivity contribution in [1.82, 2.24) is 5.32 Å². The summed E-state index contributed by atoms with van der Waals surface area (Å²) in [7, 11) is 0. The van der Waals surface area contributed by atoms with Crippen molar-refractivity contribution in [3.63, 3.8) is 0 Å². The van der Waals surface area contributed by atoms with Crippen molar-refractivity contribution in [2.24, 2.45) is 0 Å². The molecule has 2 rings (SSSR count). The van der Waals surface area contributed by atoms with Crippen LogP contribution in [0.3, 0.4) is 0 Å². The zero-order chi connectivity index (χ0) is 6.32. The maximum absolute atomic E-state index is 3.69. The number of hydrogen-bond donors (Lipinski definition) is 1. The Kier molecular flexibility index (Phi) is 1.10. The van der Waals surface area contributed by atoms with Crippen LogP contribution in [-0.2, 0) is 0 Å². The van der Waals surface area contributed by atoms with Gasteiger partial charge in [-0.3, -0.25) is 0 Å². The van der Waals surface area contributed by atoms with Gasteiger partial charge in [-0.1, -0.05) is 6.92 Å². The van der Waals surface area contributed by atoms with E-state index < -0.39 is 0 Å². The lowest BCUT2D eigenvalue weighted by Crippen LogP contribution is -2.29. The smallest absolute Gasteiger partial charge is 0.0186 e. The van der Waals surface area contributed by atoms with Gasteiger partial charge in [-0.05, 0) is 32.1 Å². The Morgan fingerprint density at radius 3 is 2.56 bits per heavy atom. The van der Waals surface area contributed by atoms with Gasteiger partial charge in [0.05, 0.1) is 0 Å². The van der Waals surface area contributed by atoms with Gasteiger partial charge in [0, 0.05) is 11.6 Å². The van der Waals surface area contributed by atoms with E-state index in [9.17, 15) is 0 Å². The molecule has 1 nitrogen and oxygen atoms in total. The molecule has 52 valence electrons. The Balaban J connectivity index is 1.93. The highest BCUT2D eigenvalue weighted by atomic mass is 15.1. The molecule has 9 heavy (non-hydrogen) atoms. The monoisotopic (exact) mass is 125 g/mol. The van der Waals surface area contributed by atoms with Crippen molar-refractivity contribution in [2.75, 3.05) is 0 Å². The van der Waals surface area contributed by atoms with Crippen LogP contribution in [0.15, 0.2) is 0 Å². The molecule has 0 aromatic rings. The van der Waals surface area contributed by atoms with Crippen LogP contribution in [-0.4, -0.2) is 11.6 Å². The Labute approximate surface area is 56.8 Å². The summed E-state index contributed by atoms with van der Waals surface area (Å²) in [5.41, 5.74) is 0.667. The van der Waals surface area contributed by atoms with Gasteiger partial charge in [-0.2, -0.15) is 0 Å². The summed E-state index contributed by atoms with van der Waals surface area (Å²) in [6.07, 6.45) is 7.09. The van der Waals surface area contributed by atoms with Gasteiger partial charge >= 0.3 is 0 Å². The fourth-order valence-corrected chi connectivity index (χ4v) is 1.88. The SMILES string of the molecule is CCC1CCC2(CC2)N1. The summed E-state index contributed by atoms with van der Waals surface area (Å²) in [6.45, 7) is 2.28. The van der Waals surface area contributed by atoms with E-state index in [0.717, 1.165) is 6.04 Å². The molecular formula is C8H15N. The normalized spacial score (nSPS) is 37.7. The minimum absolute atomic E-state index is 0.667. The van der Waals surface area contributed by atoms with Crippen molar-refractivity contribution in [3.8, 4) is 0 Å². The second kappa shape index (κ2) is 1.72. The van der Waals surface area contributed by atoms with Crippen molar-refractivity contribution in [3.05, 3.63) is 0 Å². The van der Waals surface area contributed by atoms with Crippen LogP contribution in [0.1, 0.15) is 39.0 Å². The Bertz CT molecular complexity index is 116. The van der Waals surface area contributed by atoms with E-state index >= 15 is 0 Å². The molecule has 0 bridgehead atoms. The van der Waals surface area contributed by atoms with Gasteiger partial charge in [-0.15, -0.1) is 0 Å². The fraction of sp³-hybridized carbons (Fsp3) is 1.00. The second-order valence-corrected chi connectivity index (χ2v) is 3.57. The first kappa shape index (κ1) is 5.72. The molecule has 1 saturated carbocycles. The molecule has 1 heterocycles. The fourth-order valence-electron chi connectivity index (χ4n) is 1.88. The zero-order valence-corrected chi connectivity index (χ0v) is 6.11. The minimum atomic E-state index is 0.667. The first-order valence-electron chi connectivity index (χ1n) is 4.12. The Morgan fingerprint density at radius 2 is 2.22 bits per heavy atom.